The van der Waals surface area contributed by atoms with Crippen LogP contribution in [0.15, 0.2) is 17.6 Å². The lowest BCUT2D eigenvalue weighted by molar-refractivity contribution is -0.139. The minimum absolute atomic E-state index is 0.297. The van der Waals surface area contributed by atoms with Gasteiger partial charge in [-0.3, -0.25) is 4.79 Å². The molecule has 0 aliphatic rings. The molecule has 16 heavy (non-hydrogen) atoms. The fourth-order valence-electron chi connectivity index (χ4n) is 0.941. The number of rotatable bonds is 5. The standard InChI is InChI=1S/C7H11N3O5S/c1-10-2-6(8-4-10)16(14,15)9-5(3-11)7(12)13/h2,4-5,9,11H,3H2,1H3,(H,12,13)/t5-/m0/s1. The molecular weight excluding hydrogens is 238 g/mol. The maximum Gasteiger partial charge on any atom is 0.324 e. The van der Waals surface area contributed by atoms with Crippen molar-refractivity contribution in [1.82, 2.24) is 14.3 Å². The minimum atomic E-state index is -4.02. The summed E-state index contributed by atoms with van der Waals surface area (Å²) in [5.74, 6) is -1.46. The zero-order valence-corrected chi connectivity index (χ0v) is 9.18. The normalized spacial score (nSPS) is 13.6. The van der Waals surface area contributed by atoms with E-state index >= 15 is 0 Å². The number of hydrogen-bond acceptors (Lipinski definition) is 5. The lowest BCUT2D eigenvalue weighted by Gasteiger charge is -2.10. The summed E-state index contributed by atoms with van der Waals surface area (Å²) in [7, 11) is -2.44. The number of hydrogen-bond donors (Lipinski definition) is 3. The van der Waals surface area contributed by atoms with Crippen LogP contribution in [0.2, 0.25) is 0 Å². The van der Waals surface area contributed by atoms with E-state index in [9.17, 15) is 13.2 Å². The van der Waals surface area contributed by atoms with Gasteiger partial charge in [-0.1, -0.05) is 0 Å². The maximum atomic E-state index is 11.6. The quantitative estimate of drug-likeness (QED) is 0.563. The summed E-state index contributed by atoms with van der Waals surface area (Å²) in [4.78, 5) is 14.1. The predicted octanol–water partition coefficient (Wildman–Crippen LogP) is -1.86. The number of carbonyl (C=O) groups is 1. The molecule has 0 bridgehead atoms. The Morgan fingerprint density at radius 2 is 2.31 bits per heavy atom. The predicted molar refractivity (Wildman–Crippen MR) is 52.0 cm³/mol. The molecule has 0 amide bonds. The Hall–Kier alpha value is -1.45. The molecule has 90 valence electrons. The third-order valence-corrected chi connectivity index (χ3v) is 3.09. The monoisotopic (exact) mass is 249 g/mol. The average molecular weight is 249 g/mol. The Balaban J connectivity index is 2.91. The molecule has 0 unspecified atom stereocenters. The van der Waals surface area contributed by atoms with Gasteiger partial charge in [-0.15, -0.1) is 0 Å². The van der Waals surface area contributed by atoms with E-state index in [2.05, 4.69) is 4.98 Å². The molecule has 0 saturated carbocycles. The first-order chi connectivity index (χ1) is 7.36. The van der Waals surface area contributed by atoms with E-state index in [4.69, 9.17) is 10.2 Å². The third kappa shape index (κ3) is 2.78. The zero-order chi connectivity index (χ0) is 12.3. The summed E-state index contributed by atoms with van der Waals surface area (Å²) in [5, 5.41) is 17.0. The first-order valence-electron chi connectivity index (χ1n) is 4.21. The first-order valence-corrected chi connectivity index (χ1v) is 5.69. The lowest BCUT2D eigenvalue weighted by atomic mass is 10.3. The second kappa shape index (κ2) is 4.60. The van der Waals surface area contributed by atoms with Crippen LogP contribution in [0.4, 0.5) is 0 Å². The summed E-state index contributed by atoms with van der Waals surface area (Å²) >= 11 is 0. The van der Waals surface area contributed by atoms with Crippen LogP contribution in [0, 0.1) is 0 Å². The van der Waals surface area contributed by atoms with Gasteiger partial charge in [0.15, 0.2) is 5.03 Å². The van der Waals surface area contributed by atoms with E-state index in [1.165, 1.54) is 17.1 Å². The number of aliphatic hydroxyl groups excluding tert-OH is 1. The molecule has 1 heterocycles. The first kappa shape index (κ1) is 12.6. The van der Waals surface area contributed by atoms with Gasteiger partial charge < -0.3 is 14.8 Å². The number of aliphatic hydroxyl groups is 1. The Bertz CT molecular complexity index is 480. The average Bonchev–Trinajstić information content (AvgIpc) is 2.61. The highest BCUT2D eigenvalue weighted by Crippen LogP contribution is 2.04. The highest BCUT2D eigenvalue weighted by Gasteiger charge is 2.26. The summed E-state index contributed by atoms with van der Waals surface area (Å²) in [6, 6.07) is -1.58. The number of aryl methyl sites for hydroxylation is 1. The van der Waals surface area contributed by atoms with E-state index in [0.717, 1.165) is 0 Å². The van der Waals surface area contributed by atoms with Gasteiger partial charge >= 0.3 is 5.97 Å². The minimum Gasteiger partial charge on any atom is -0.480 e. The van der Waals surface area contributed by atoms with E-state index in [0.29, 0.717) is 0 Å². The van der Waals surface area contributed by atoms with E-state index in [1.807, 2.05) is 4.72 Å². The molecule has 1 aromatic heterocycles. The van der Waals surface area contributed by atoms with E-state index < -0.39 is 28.6 Å². The van der Waals surface area contributed by atoms with E-state index in [-0.39, 0.29) is 5.03 Å². The highest BCUT2D eigenvalue weighted by molar-refractivity contribution is 7.89. The number of imidazole rings is 1. The Morgan fingerprint density at radius 3 is 2.69 bits per heavy atom. The van der Waals surface area contributed by atoms with Crippen molar-refractivity contribution >= 4 is 16.0 Å². The maximum absolute atomic E-state index is 11.6. The van der Waals surface area contributed by atoms with Crippen molar-refractivity contribution in [3.05, 3.63) is 12.5 Å². The molecule has 0 radical (unpaired) electrons. The van der Waals surface area contributed by atoms with Crippen molar-refractivity contribution in [3.63, 3.8) is 0 Å². The SMILES string of the molecule is Cn1cnc(S(=O)(=O)N[C@@H](CO)C(=O)O)c1. The van der Waals surface area contributed by atoms with Gasteiger partial charge in [0.05, 0.1) is 12.9 Å². The molecule has 9 heteroatoms. The molecular formula is C7H11N3O5S. The second-order valence-corrected chi connectivity index (χ2v) is 4.73. The zero-order valence-electron chi connectivity index (χ0n) is 8.36. The third-order valence-electron chi connectivity index (χ3n) is 1.73. The van der Waals surface area contributed by atoms with Gasteiger partial charge in [0, 0.05) is 13.2 Å². The van der Waals surface area contributed by atoms with E-state index in [1.54, 1.807) is 7.05 Å². The Kier molecular flexibility index (Phi) is 3.62. The molecule has 1 aromatic rings. The Labute approximate surface area is 91.6 Å². The van der Waals surface area contributed by atoms with Gasteiger partial charge in [-0.25, -0.2) is 13.4 Å². The van der Waals surface area contributed by atoms with Crippen LogP contribution in [0.25, 0.3) is 0 Å². The fourth-order valence-corrected chi connectivity index (χ4v) is 2.10. The Morgan fingerprint density at radius 1 is 1.69 bits per heavy atom. The number of carboxylic acid groups (broad SMARTS) is 1. The number of aliphatic carboxylic acids is 1. The summed E-state index contributed by atoms with van der Waals surface area (Å²) in [6.45, 7) is -0.832. The number of sulfonamides is 1. The summed E-state index contributed by atoms with van der Waals surface area (Å²) < 4.78 is 26.3. The summed E-state index contributed by atoms with van der Waals surface area (Å²) in [5.41, 5.74) is 0. The second-order valence-electron chi connectivity index (χ2n) is 3.07. The van der Waals surface area contributed by atoms with Crippen LogP contribution in [0.3, 0.4) is 0 Å². The molecule has 8 nitrogen and oxygen atoms in total. The van der Waals surface area contributed by atoms with Crippen molar-refractivity contribution in [2.45, 2.75) is 11.1 Å². The van der Waals surface area contributed by atoms with Gasteiger partial charge in [-0.05, 0) is 0 Å². The number of aromatic nitrogens is 2. The smallest absolute Gasteiger partial charge is 0.324 e. The molecule has 1 rings (SSSR count). The van der Waals surface area contributed by atoms with Gasteiger partial charge in [0.2, 0.25) is 0 Å². The number of nitrogens with zero attached hydrogens (tertiary/aromatic N) is 2. The van der Waals surface area contributed by atoms with Crippen molar-refractivity contribution < 1.29 is 23.4 Å². The van der Waals surface area contributed by atoms with Crippen molar-refractivity contribution in [2.24, 2.45) is 7.05 Å². The molecule has 0 fully saturated rings. The molecule has 1 atom stereocenters. The van der Waals surface area contributed by atoms with Crippen LogP contribution in [-0.4, -0.2) is 46.8 Å². The molecule has 3 N–H and O–H groups in total. The van der Waals surface area contributed by atoms with Crippen LogP contribution < -0.4 is 4.72 Å². The van der Waals surface area contributed by atoms with Crippen molar-refractivity contribution in [1.29, 1.82) is 0 Å². The number of carboxylic acids is 1. The topological polar surface area (TPSA) is 122 Å². The summed E-state index contributed by atoms with van der Waals surface area (Å²) in [6.07, 6.45) is 2.49. The molecule has 0 aliphatic heterocycles. The number of nitrogens with one attached hydrogen (secondary N) is 1. The lowest BCUT2D eigenvalue weighted by Crippen LogP contribution is -2.43. The fraction of sp³-hybridized carbons (Fsp3) is 0.429. The molecule has 0 saturated heterocycles. The van der Waals surface area contributed by atoms with Gasteiger partial charge in [0.25, 0.3) is 10.0 Å². The molecule has 0 spiro atoms. The largest absolute Gasteiger partial charge is 0.480 e. The van der Waals surface area contributed by atoms with Crippen molar-refractivity contribution in [3.8, 4) is 0 Å². The van der Waals surface area contributed by atoms with Crippen LogP contribution in [-0.2, 0) is 21.9 Å². The molecule has 0 aliphatic carbocycles. The van der Waals surface area contributed by atoms with Gasteiger partial charge in [-0.2, -0.15) is 4.72 Å². The van der Waals surface area contributed by atoms with Gasteiger partial charge in [0.1, 0.15) is 6.04 Å². The van der Waals surface area contributed by atoms with Crippen LogP contribution in [0.1, 0.15) is 0 Å². The van der Waals surface area contributed by atoms with Crippen LogP contribution >= 0.6 is 0 Å². The van der Waals surface area contributed by atoms with Crippen molar-refractivity contribution in [2.75, 3.05) is 6.61 Å². The highest BCUT2D eigenvalue weighted by atomic mass is 32.2. The molecule has 0 aromatic carbocycles. The van der Waals surface area contributed by atoms with Crippen LogP contribution in [0.5, 0.6) is 0 Å².